The second-order valence-corrected chi connectivity index (χ2v) is 8.46. The van der Waals surface area contributed by atoms with Crippen molar-refractivity contribution in [1.82, 2.24) is 19.7 Å². The molecule has 4 rings (SSSR count). The maximum absolute atomic E-state index is 6.23. The van der Waals surface area contributed by atoms with Gasteiger partial charge in [-0.05, 0) is 68.9 Å². The van der Waals surface area contributed by atoms with Crippen LogP contribution in [0.5, 0.6) is 0 Å². The molecule has 0 radical (unpaired) electrons. The highest BCUT2D eigenvalue weighted by Crippen LogP contribution is 2.32. The highest BCUT2D eigenvalue weighted by Gasteiger charge is 2.24. The van der Waals surface area contributed by atoms with Gasteiger partial charge in [0.1, 0.15) is 6.33 Å². The fraction of sp³-hybridized carbons (Fsp3) is 0.682. The molecule has 2 fully saturated rings. The van der Waals surface area contributed by atoms with Crippen molar-refractivity contribution in [3.8, 4) is 11.4 Å². The number of hydrogen-bond donors (Lipinski definition) is 0. The van der Waals surface area contributed by atoms with E-state index in [0.717, 1.165) is 55.4 Å². The van der Waals surface area contributed by atoms with Crippen LogP contribution in [-0.2, 0) is 16.1 Å². The Hall–Kier alpha value is -1.79. The van der Waals surface area contributed by atoms with Crippen molar-refractivity contribution in [3.05, 3.63) is 30.4 Å². The molecule has 2 aromatic rings. The van der Waals surface area contributed by atoms with Crippen LogP contribution in [0.4, 0.5) is 0 Å². The van der Waals surface area contributed by atoms with Crippen molar-refractivity contribution in [2.75, 3.05) is 6.61 Å². The molecule has 2 aliphatic rings. The first-order valence-corrected chi connectivity index (χ1v) is 10.8. The fourth-order valence-corrected chi connectivity index (χ4v) is 4.34. The lowest BCUT2D eigenvalue weighted by Gasteiger charge is -2.30. The molecule has 2 aromatic heterocycles. The minimum absolute atomic E-state index is 0.00233. The van der Waals surface area contributed by atoms with E-state index in [4.69, 9.17) is 9.47 Å². The molecule has 0 bridgehead atoms. The minimum atomic E-state index is 0.00233. The summed E-state index contributed by atoms with van der Waals surface area (Å²) in [6, 6.07) is 3.97. The normalized spacial score (nSPS) is 25.9. The van der Waals surface area contributed by atoms with E-state index in [9.17, 15) is 0 Å². The van der Waals surface area contributed by atoms with E-state index >= 15 is 0 Å². The average molecular weight is 385 g/mol. The molecule has 1 saturated carbocycles. The summed E-state index contributed by atoms with van der Waals surface area (Å²) in [7, 11) is 0. The number of hydrogen-bond acceptors (Lipinski definition) is 5. The summed E-state index contributed by atoms with van der Waals surface area (Å²) in [6.07, 6.45) is 12.1. The molecule has 0 aromatic carbocycles. The van der Waals surface area contributed by atoms with E-state index in [1.54, 1.807) is 6.33 Å². The number of aromatic nitrogens is 4. The van der Waals surface area contributed by atoms with Crippen LogP contribution in [0.15, 0.2) is 24.7 Å². The number of nitrogens with zero attached hydrogens (tertiary/aromatic N) is 4. The van der Waals surface area contributed by atoms with E-state index in [-0.39, 0.29) is 6.23 Å². The third kappa shape index (κ3) is 4.61. The molecular weight excluding hydrogens is 352 g/mol. The molecule has 3 heterocycles. The number of rotatable bonds is 6. The molecule has 1 unspecified atom stereocenters. The Balaban J connectivity index is 1.39. The molecule has 1 saturated heterocycles. The van der Waals surface area contributed by atoms with Gasteiger partial charge in [0.05, 0.1) is 18.4 Å². The van der Waals surface area contributed by atoms with E-state index in [1.807, 2.05) is 23.0 Å². The molecule has 6 nitrogen and oxygen atoms in total. The molecule has 1 aliphatic carbocycles. The standard InChI is InChI=1S/C22H32N4O2/c1-16(2)17-8-10-18(11-9-17)28-14-20-19(6-5-12-23-20)22-24-15-26(25-22)21-7-3-4-13-27-21/h5-6,12,15-18,21H,3-4,7-11,13-14H2,1-2H3. The van der Waals surface area contributed by atoms with Crippen LogP contribution in [0, 0.1) is 11.8 Å². The Morgan fingerprint density at radius 3 is 2.75 bits per heavy atom. The molecule has 0 N–H and O–H groups in total. The second kappa shape index (κ2) is 9.14. The Labute approximate surface area is 167 Å². The van der Waals surface area contributed by atoms with E-state index in [0.29, 0.717) is 18.5 Å². The van der Waals surface area contributed by atoms with E-state index in [1.165, 1.54) is 19.3 Å². The first-order chi connectivity index (χ1) is 13.7. The fourth-order valence-electron chi connectivity index (χ4n) is 4.34. The second-order valence-electron chi connectivity index (χ2n) is 8.46. The van der Waals surface area contributed by atoms with Crippen molar-refractivity contribution in [3.63, 3.8) is 0 Å². The van der Waals surface area contributed by atoms with E-state index < -0.39 is 0 Å². The summed E-state index contributed by atoms with van der Waals surface area (Å²) in [6.45, 7) is 5.97. The van der Waals surface area contributed by atoms with Gasteiger partial charge in [-0.15, -0.1) is 5.10 Å². The van der Waals surface area contributed by atoms with Gasteiger partial charge in [-0.3, -0.25) is 4.98 Å². The number of pyridine rings is 1. The molecule has 152 valence electrons. The first-order valence-electron chi connectivity index (χ1n) is 10.8. The van der Waals surface area contributed by atoms with Gasteiger partial charge in [-0.1, -0.05) is 13.8 Å². The van der Waals surface area contributed by atoms with Crippen molar-refractivity contribution in [2.45, 2.75) is 77.7 Å². The molecular formula is C22H32N4O2. The molecule has 1 atom stereocenters. The maximum Gasteiger partial charge on any atom is 0.183 e. The van der Waals surface area contributed by atoms with Gasteiger partial charge >= 0.3 is 0 Å². The lowest BCUT2D eigenvalue weighted by molar-refractivity contribution is -0.0395. The Morgan fingerprint density at radius 1 is 1.14 bits per heavy atom. The summed E-state index contributed by atoms with van der Waals surface area (Å²) in [5.41, 5.74) is 1.86. The lowest BCUT2D eigenvalue weighted by atomic mass is 9.80. The van der Waals surface area contributed by atoms with Gasteiger partial charge in [0.2, 0.25) is 0 Å². The number of ether oxygens (including phenoxy) is 2. The zero-order chi connectivity index (χ0) is 19.3. The summed E-state index contributed by atoms with van der Waals surface area (Å²) < 4.78 is 13.9. The van der Waals surface area contributed by atoms with Gasteiger partial charge in [0.15, 0.2) is 12.1 Å². The molecule has 6 heteroatoms. The summed E-state index contributed by atoms with van der Waals surface area (Å²) in [5, 5.41) is 4.67. The van der Waals surface area contributed by atoms with Crippen molar-refractivity contribution < 1.29 is 9.47 Å². The SMILES string of the molecule is CC(C)C1CCC(OCc2ncccc2-c2ncn(C3CCCCO3)n2)CC1. The van der Waals surface area contributed by atoms with Crippen LogP contribution in [-0.4, -0.2) is 32.5 Å². The Kier molecular flexibility index (Phi) is 6.37. The quantitative estimate of drug-likeness (QED) is 0.718. The average Bonchev–Trinajstić information content (AvgIpc) is 3.23. The summed E-state index contributed by atoms with van der Waals surface area (Å²) in [5.74, 6) is 2.32. The largest absolute Gasteiger partial charge is 0.372 e. The topological polar surface area (TPSA) is 62.1 Å². The zero-order valence-electron chi connectivity index (χ0n) is 17.1. The van der Waals surface area contributed by atoms with Crippen LogP contribution in [0.2, 0.25) is 0 Å². The molecule has 0 spiro atoms. The Bertz CT molecular complexity index is 746. The summed E-state index contributed by atoms with van der Waals surface area (Å²) in [4.78, 5) is 9.08. The van der Waals surface area contributed by atoms with Crippen LogP contribution >= 0.6 is 0 Å². The Morgan fingerprint density at radius 2 is 2.00 bits per heavy atom. The van der Waals surface area contributed by atoms with Gasteiger partial charge in [-0.25, -0.2) is 9.67 Å². The predicted molar refractivity (Wildman–Crippen MR) is 107 cm³/mol. The van der Waals surface area contributed by atoms with Crippen molar-refractivity contribution >= 4 is 0 Å². The van der Waals surface area contributed by atoms with Crippen LogP contribution < -0.4 is 0 Å². The van der Waals surface area contributed by atoms with Crippen LogP contribution in [0.3, 0.4) is 0 Å². The highest BCUT2D eigenvalue weighted by atomic mass is 16.5. The van der Waals surface area contributed by atoms with Crippen LogP contribution in [0.25, 0.3) is 11.4 Å². The molecule has 0 amide bonds. The smallest absolute Gasteiger partial charge is 0.183 e. The molecule has 1 aliphatic heterocycles. The predicted octanol–water partition coefficient (Wildman–Crippen LogP) is 4.77. The lowest BCUT2D eigenvalue weighted by Crippen LogP contribution is -2.24. The highest BCUT2D eigenvalue weighted by molar-refractivity contribution is 5.57. The monoisotopic (exact) mass is 384 g/mol. The third-order valence-corrected chi connectivity index (χ3v) is 6.21. The van der Waals surface area contributed by atoms with Crippen LogP contribution in [0.1, 0.15) is 70.7 Å². The van der Waals surface area contributed by atoms with Crippen molar-refractivity contribution in [1.29, 1.82) is 0 Å². The van der Waals surface area contributed by atoms with Gasteiger partial charge in [-0.2, -0.15) is 0 Å². The van der Waals surface area contributed by atoms with Crippen molar-refractivity contribution in [2.24, 2.45) is 11.8 Å². The minimum Gasteiger partial charge on any atom is -0.372 e. The molecule has 28 heavy (non-hydrogen) atoms. The van der Waals surface area contributed by atoms with E-state index in [2.05, 4.69) is 28.9 Å². The first kappa shape index (κ1) is 19.5. The third-order valence-electron chi connectivity index (χ3n) is 6.21. The van der Waals surface area contributed by atoms with Gasteiger partial charge in [0, 0.05) is 18.4 Å². The zero-order valence-corrected chi connectivity index (χ0v) is 17.1. The van der Waals surface area contributed by atoms with Gasteiger partial charge < -0.3 is 9.47 Å². The maximum atomic E-state index is 6.23. The summed E-state index contributed by atoms with van der Waals surface area (Å²) >= 11 is 0. The van der Waals surface area contributed by atoms with Gasteiger partial charge in [0.25, 0.3) is 0 Å².